The number of nitrogens with one attached hydrogen (secondary N) is 1. The summed E-state index contributed by atoms with van der Waals surface area (Å²) in [5.74, 6) is 0.157. The number of ether oxygens (including phenoxy) is 1. The highest BCUT2D eigenvalue weighted by Gasteiger charge is 2.27. The number of rotatable bonds is 8. The van der Waals surface area contributed by atoms with Crippen LogP contribution in [0, 0.1) is 13.8 Å². The van der Waals surface area contributed by atoms with E-state index in [2.05, 4.69) is 5.32 Å². The smallest absolute Gasteiger partial charge is 0.264 e. The first-order valence-corrected chi connectivity index (χ1v) is 11.4. The van der Waals surface area contributed by atoms with E-state index in [1.807, 2.05) is 51.1 Å². The molecule has 6 nitrogen and oxygen atoms in total. The van der Waals surface area contributed by atoms with Gasteiger partial charge in [0.2, 0.25) is 5.91 Å². The quantitative estimate of drug-likeness (QED) is 0.560. The van der Waals surface area contributed by atoms with Gasteiger partial charge in [0, 0.05) is 5.69 Å². The van der Waals surface area contributed by atoms with Crippen LogP contribution in [0.5, 0.6) is 5.75 Å². The number of carbonyl (C=O) groups is 1. The molecule has 0 atom stereocenters. The summed E-state index contributed by atoms with van der Waals surface area (Å²) in [5.41, 5.74) is 2.95. The zero-order valence-corrected chi connectivity index (χ0v) is 18.6. The van der Waals surface area contributed by atoms with Crippen LogP contribution in [0.2, 0.25) is 0 Å². The molecule has 0 bridgehead atoms. The highest BCUT2D eigenvalue weighted by Crippen LogP contribution is 2.26. The molecule has 162 valence electrons. The Bertz CT molecular complexity index is 1140. The van der Waals surface area contributed by atoms with Gasteiger partial charge in [0.25, 0.3) is 10.0 Å². The molecular formula is C24H26N2O4S. The van der Waals surface area contributed by atoms with E-state index in [0.717, 1.165) is 15.4 Å². The maximum Gasteiger partial charge on any atom is 0.264 e. The average molecular weight is 439 g/mol. The number of sulfonamides is 1. The third-order valence-corrected chi connectivity index (χ3v) is 6.54. The van der Waals surface area contributed by atoms with Crippen molar-refractivity contribution in [2.75, 3.05) is 22.8 Å². The van der Waals surface area contributed by atoms with E-state index >= 15 is 0 Å². The van der Waals surface area contributed by atoms with Crippen LogP contribution in [0.3, 0.4) is 0 Å². The topological polar surface area (TPSA) is 75.7 Å². The molecule has 0 aliphatic heterocycles. The minimum atomic E-state index is -3.98. The predicted molar refractivity (Wildman–Crippen MR) is 123 cm³/mol. The van der Waals surface area contributed by atoms with Crippen LogP contribution in [-0.4, -0.2) is 27.5 Å². The number of amides is 1. The van der Waals surface area contributed by atoms with Gasteiger partial charge < -0.3 is 10.1 Å². The molecule has 0 unspecified atom stereocenters. The van der Waals surface area contributed by atoms with Crippen LogP contribution in [0.25, 0.3) is 0 Å². The average Bonchev–Trinajstić information content (AvgIpc) is 2.75. The van der Waals surface area contributed by atoms with E-state index in [0.29, 0.717) is 23.7 Å². The number of hydrogen-bond donors (Lipinski definition) is 1. The van der Waals surface area contributed by atoms with Gasteiger partial charge in [0.15, 0.2) is 0 Å². The van der Waals surface area contributed by atoms with Gasteiger partial charge in [-0.05, 0) is 68.8 Å². The fourth-order valence-electron chi connectivity index (χ4n) is 3.06. The van der Waals surface area contributed by atoms with E-state index in [-0.39, 0.29) is 11.4 Å². The van der Waals surface area contributed by atoms with E-state index in [4.69, 9.17) is 4.74 Å². The summed E-state index contributed by atoms with van der Waals surface area (Å²) >= 11 is 0. The number of para-hydroxylation sites is 1. The van der Waals surface area contributed by atoms with Gasteiger partial charge in [-0.1, -0.05) is 35.9 Å². The lowest BCUT2D eigenvalue weighted by Crippen LogP contribution is -2.38. The molecule has 0 spiro atoms. The van der Waals surface area contributed by atoms with Crippen molar-refractivity contribution in [2.24, 2.45) is 0 Å². The second-order valence-electron chi connectivity index (χ2n) is 7.11. The molecule has 0 aromatic heterocycles. The first-order chi connectivity index (χ1) is 14.8. The SMILES string of the molecule is CCOc1ccc(S(=O)(=O)N(CC(=O)Nc2ccccc2C)c2ccc(C)cc2)cc1. The van der Waals surface area contributed by atoms with Gasteiger partial charge in [-0.25, -0.2) is 8.42 Å². The molecule has 31 heavy (non-hydrogen) atoms. The monoisotopic (exact) mass is 438 g/mol. The second kappa shape index (κ2) is 9.66. The van der Waals surface area contributed by atoms with Crippen LogP contribution in [-0.2, 0) is 14.8 Å². The first kappa shape index (κ1) is 22.4. The summed E-state index contributed by atoms with van der Waals surface area (Å²) in [6, 6.07) is 20.6. The van der Waals surface area contributed by atoms with Crippen LogP contribution >= 0.6 is 0 Å². The van der Waals surface area contributed by atoms with Crippen LogP contribution in [0.15, 0.2) is 77.7 Å². The second-order valence-corrected chi connectivity index (χ2v) is 8.98. The fourth-order valence-corrected chi connectivity index (χ4v) is 4.48. The molecule has 3 rings (SSSR count). The van der Waals surface area contributed by atoms with Gasteiger partial charge in [-0.15, -0.1) is 0 Å². The van der Waals surface area contributed by atoms with Gasteiger partial charge in [-0.3, -0.25) is 9.10 Å². The third-order valence-electron chi connectivity index (χ3n) is 4.75. The van der Waals surface area contributed by atoms with Crippen molar-refractivity contribution in [3.63, 3.8) is 0 Å². The van der Waals surface area contributed by atoms with Crippen molar-refractivity contribution in [3.05, 3.63) is 83.9 Å². The fraction of sp³-hybridized carbons (Fsp3) is 0.208. The molecule has 3 aromatic carbocycles. The number of carbonyl (C=O) groups excluding carboxylic acids is 1. The summed E-state index contributed by atoms with van der Waals surface area (Å²) in [6.07, 6.45) is 0. The summed E-state index contributed by atoms with van der Waals surface area (Å²) in [6.45, 7) is 5.79. The highest BCUT2D eigenvalue weighted by molar-refractivity contribution is 7.92. The molecule has 1 amide bonds. The predicted octanol–water partition coefficient (Wildman–Crippen LogP) is 4.54. The van der Waals surface area contributed by atoms with Gasteiger partial charge >= 0.3 is 0 Å². The molecule has 0 radical (unpaired) electrons. The van der Waals surface area contributed by atoms with Crippen molar-refractivity contribution in [1.29, 1.82) is 0 Å². The van der Waals surface area contributed by atoms with E-state index in [1.165, 1.54) is 12.1 Å². The Balaban J connectivity index is 1.93. The van der Waals surface area contributed by atoms with Crippen molar-refractivity contribution in [1.82, 2.24) is 0 Å². The normalized spacial score (nSPS) is 11.1. The third kappa shape index (κ3) is 5.44. The Morgan fingerprint density at radius 3 is 2.19 bits per heavy atom. The molecule has 0 aliphatic rings. The molecule has 0 saturated heterocycles. The van der Waals surface area contributed by atoms with Crippen molar-refractivity contribution in [2.45, 2.75) is 25.7 Å². The Kier molecular flexibility index (Phi) is 6.97. The Labute approximate surface area is 183 Å². The van der Waals surface area contributed by atoms with E-state index < -0.39 is 15.9 Å². The number of anilines is 2. The molecule has 0 aliphatic carbocycles. The van der Waals surface area contributed by atoms with Crippen LogP contribution in [0.1, 0.15) is 18.1 Å². The molecule has 7 heteroatoms. The Hall–Kier alpha value is -3.32. The summed E-state index contributed by atoms with van der Waals surface area (Å²) in [5, 5.41) is 2.81. The lowest BCUT2D eigenvalue weighted by atomic mass is 10.2. The van der Waals surface area contributed by atoms with Crippen molar-refractivity contribution in [3.8, 4) is 5.75 Å². The zero-order chi connectivity index (χ0) is 22.4. The minimum absolute atomic E-state index is 0.0835. The summed E-state index contributed by atoms with van der Waals surface area (Å²) in [7, 11) is -3.98. The molecule has 0 saturated carbocycles. The molecular weight excluding hydrogens is 412 g/mol. The summed E-state index contributed by atoms with van der Waals surface area (Å²) < 4.78 is 33.4. The highest BCUT2D eigenvalue weighted by atomic mass is 32.2. The lowest BCUT2D eigenvalue weighted by Gasteiger charge is -2.24. The zero-order valence-electron chi connectivity index (χ0n) is 17.8. The Morgan fingerprint density at radius 1 is 0.935 bits per heavy atom. The summed E-state index contributed by atoms with van der Waals surface area (Å²) in [4.78, 5) is 12.9. The van der Waals surface area contributed by atoms with Crippen LogP contribution in [0.4, 0.5) is 11.4 Å². The van der Waals surface area contributed by atoms with Gasteiger partial charge in [0.05, 0.1) is 17.2 Å². The number of hydrogen-bond acceptors (Lipinski definition) is 4. The maximum atomic E-state index is 13.4. The molecule has 1 N–H and O–H groups in total. The number of aryl methyl sites for hydroxylation is 2. The van der Waals surface area contributed by atoms with Crippen molar-refractivity contribution < 1.29 is 17.9 Å². The van der Waals surface area contributed by atoms with E-state index in [9.17, 15) is 13.2 Å². The van der Waals surface area contributed by atoms with Crippen LogP contribution < -0.4 is 14.4 Å². The van der Waals surface area contributed by atoms with Crippen molar-refractivity contribution >= 4 is 27.3 Å². The number of nitrogens with zero attached hydrogens (tertiary/aromatic N) is 1. The van der Waals surface area contributed by atoms with Gasteiger partial charge in [0.1, 0.15) is 12.3 Å². The largest absolute Gasteiger partial charge is 0.494 e. The standard InChI is InChI=1S/C24H26N2O4S/c1-4-30-21-13-15-22(16-14-21)31(28,29)26(20-11-9-18(2)10-12-20)17-24(27)25-23-8-6-5-7-19(23)3/h5-16H,4,17H2,1-3H3,(H,25,27). The molecule has 3 aromatic rings. The number of benzene rings is 3. The Morgan fingerprint density at radius 2 is 1.58 bits per heavy atom. The molecule has 0 heterocycles. The molecule has 0 fully saturated rings. The minimum Gasteiger partial charge on any atom is -0.494 e. The maximum absolute atomic E-state index is 13.4. The lowest BCUT2D eigenvalue weighted by molar-refractivity contribution is -0.114. The van der Waals surface area contributed by atoms with Gasteiger partial charge in [-0.2, -0.15) is 0 Å². The first-order valence-electron chi connectivity index (χ1n) is 9.99. The van der Waals surface area contributed by atoms with E-state index in [1.54, 1.807) is 30.3 Å².